The van der Waals surface area contributed by atoms with Crippen LogP contribution in [0.15, 0.2) is 66.7 Å². The van der Waals surface area contributed by atoms with Gasteiger partial charge in [0.2, 0.25) is 0 Å². The quantitative estimate of drug-likeness (QED) is 0.542. The van der Waals surface area contributed by atoms with E-state index in [1.165, 1.54) is 16.3 Å². The first kappa shape index (κ1) is 19.0. The van der Waals surface area contributed by atoms with Crippen molar-refractivity contribution in [3.8, 4) is 5.75 Å². The molecule has 0 spiro atoms. The molecule has 0 aromatic heterocycles. The Labute approximate surface area is 160 Å². The first-order chi connectivity index (χ1) is 13.1. The van der Waals surface area contributed by atoms with Crippen LogP contribution in [0.2, 0.25) is 0 Å². The molecule has 0 bridgehead atoms. The average molecular weight is 362 g/mol. The van der Waals surface area contributed by atoms with Gasteiger partial charge in [0.1, 0.15) is 5.75 Å². The lowest BCUT2D eigenvalue weighted by Crippen LogP contribution is -2.25. The lowest BCUT2D eigenvalue weighted by atomic mass is 9.90. The molecule has 0 amide bonds. The van der Waals surface area contributed by atoms with Gasteiger partial charge in [0.05, 0.1) is 19.1 Å². The molecule has 0 saturated carbocycles. The number of esters is 1. The highest BCUT2D eigenvalue weighted by Crippen LogP contribution is 2.24. The van der Waals surface area contributed by atoms with Gasteiger partial charge in [-0.05, 0) is 60.7 Å². The maximum Gasteiger partial charge on any atom is 0.309 e. The Kier molecular flexibility index (Phi) is 6.12. The van der Waals surface area contributed by atoms with Crippen LogP contribution in [0.1, 0.15) is 25.0 Å². The normalized spacial score (nSPS) is 12.1. The first-order valence-electron chi connectivity index (χ1n) is 9.37. The van der Waals surface area contributed by atoms with Crippen molar-refractivity contribution in [3.05, 3.63) is 77.9 Å². The van der Waals surface area contributed by atoms with Crippen molar-refractivity contribution in [1.82, 2.24) is 0 Å². The molecule has 0 aliphatic rings. The van der Waals surface area contributed by atoms with E-state index in [2.05, 4.69) is 30.3 Å². The van der Waals surface area contributed by atoms with E-state index in [4.69, 9.17) is 9.47 Å². The number of carbonyl (C=O) groups excluding carboxylic acids is 1. The predicted octanol–water partition coefficient (Wildman–Crippen LogP) is 5.20. The number of carbonyl (C=O) groups is 1. The van der Waals surface area contributed by atoms with E-state index in [1.807, 2.05) is 50.2 Å². The summed E-state index contributed by atoms with van der Waals surface area (Å²) in [4.78, 5) is 12.8. The molecule has 3 aromatic rings. The van der Waals surface area contributed by atoms with Gasteiger partial charge in [0.15, 0.2) is 0 Å². The minimum atomic E-state index is -0.230. The van der Waals surface area contributed by atoms with E-state index < -0.39 is 0 Å². The van der Waals surface area contributed by atoms with E-state index in [9.17, 15) is 4.79 Å². The zero-order chi connectivity index (χ0) is 19.2. The van der Waals surface area contributed by atoms with E-state index in [1.54, 1.807) is 7.11 Å². The van der Waals surface area contributed by atoms with Crippen LogP contribution in [-0.4, -0.2) is 19.2 Å². The van der Waals surface area contributed by atoms with Crippen LogP contribution in [-0.2, 0) is 22.4 Å². The molecule has 3 heteroatoms. The number of hydrogen-bond donors (Lipinski definition) is 0. The molecule has 140 valence electrons. The molecule has 0 heterocycles. The molecule has 0 N–H and O–H groups in total. The van der Waals surface area contributed by atoms with Gasteiger partial charge in [-0.1, -0.05) is 54.6 Å². The second-order valence-electron chi connectivity index (χ2n) is 7.08. The van der Waals surface area contributed by atoms with E-state index in [0.717, 1.165) is 11.3 Å². The van der Waals surface area contributed by atoms with E-state index >= 15 is 0 Å². The maximum atomic E-state index is 12.8. The minimum Gasteiger partial charge on any atom is -0.497 e. The van der Waals surface area contributed by atoms with Gasteiger partial charge in [0.25, 0.3) is 0 Å². The molecular weight excluding hydrogens is 336 g/mol. The van der Waals surface area contributed by atoms with Crippen molar-refractivity contribution < 1.29 is 14.3 Å². The van der Waals surface area contributed by atoms with Gasteiger partial charge in [-0.25, -0.2) is 0 Å². The molecule has 0 aliphatic carbocycles. The molecular formula is C24H26O3. The van der Waals surface area contributed by atoms with E-state index in [-0.39, 0.29) is 18.0 Å². The Bertz CT molecular complexity index is 892. The van der Waals surface area contributed by atoms with Crippen molar-refractivity contribution in [2.75, 3.05) is 7.11 Å². The summed E-state index contributed by atoms with van der Waals surface area (Å²) in [7, 11) is 1.65. The second-order valence-corrected chi connectivity index (χ2v) is 7.08. The molecule has 0 radical (unpaired) electrons. The highest BCUT2D eigenvalue weighted by atomic mass is 16.5. The fraction of sp³-hybridized carbons (Fsp3) is 0.292. The molecule has 3 rings (SSSR count). The van der Waals surface area contributed by atoms with Gasteiger partial charge >= 0.3 is 5.97 Å². The van der Waals surface area contributed by atoms with Crippen LogP contribution < -0.4 is 4.74 Å². The highest BCUT2D eigenvalue weighted by Gasteiger charge is 2.23. The van der Waals surface area contributed by atoms with Crippen LogP contribution in [0, 0.1) is 5.92 Å². The zero-order valence-corrected chi connectivity index (χ0v) is 16.1. The monoisotopic (exact) mass is 362 g/mol. The van der Waals surface area contributed by atoms with Gasteiger partial charge < -0.3 is 9.47 Å². The van der Waals surface area contributed by atoms with Crippen molar-refractivity contribution in [2.45, 2.75) is 32.8 Å². The number of rotatable bonds is 7. The summed E-state index contributed by atoms with van der Waals surface area (Å²) in [6.45, 7) is 3.78. The number of ether oxygens (including phenoxy) is 2. The average Bonchev–Trinajstić information content (AvgIpc) is 2.67. The SMILES string of the molecule is COc1ccc(C[C@H](Cc2cccc3ccccc23)C(=O)OC(C)C)cc1. The summed E-state index contributed by atoms with van der Waals surface area (Å²) in [5.74, 6) is 0.439. The smallest absolute Gasteiger partial charge is 0.309 e. The van der Waals surface area contributed by atoms with Crippen molar-refractivity contribution in [1.29, 1.82) is 0 Å². The van der Waals surface area contributed by atoms with Crippen LogP contribution >= 0.6 is 0 Å². The molecule has 27 heavy (non-hydrogen) atoms. The molecule has 0 unspecified atom stereocenters. The molecule has 3 aromatic carbocycles. The zero-order valence-electron chi connectivity index (χ0n) is 16.1. The Balaban J connectivity index is 1.87. The lowest BCUT2D eigenvalue weighted by Gasteiger charge is -2.19. The molecule has 0 fully saturated rings. The summed E-state index contributed by atoms with van der Waals surface area (Å²) < 4.78 is 10.8. The summed E-state index contributed by atoms with van der Waals surface area (Å²) in [5, 5.41) is 2.38. The highest BCUT2D eigenvalue weighted by molar-refractivity contribution is 5.86. The number of benzene rings is 3. The summed E-state index contributed by atoms with van der Waals surface area (Å²) in [6, 6.07) is 22.4. The van der Waals surface area contributed by atoms with Crippen molar-refractivity contribution in [2.24, 2.45) is 5.92 Å². The predicted molar refractivity (Wildman–Crippen MR) is 109 cm³/mol. The topological polar surface area (TPSA) is 35.5 Å². The Morgan fingerprint density at radius 3 is 2.30 bits per heavy atom. The van der Waals surface area contributed by atoms with Gasteiger partial charge in [-0.2, -0.15) is 0 Å². The van der Waals surface area contributed by atoms with Crippen LogP contribution in [0.4, 0.5) is 0 Å². The standard InChI is InChI=1S/C24H26O3/c1-17(2)27-24(25)21(15-18-11-13-22(26-3)14-12-18)16-20-9-6-8-19-7-4-5-10-23(19)20/h4-14,17,21H,15-16H2,1-3H3/t21-/m1/s1. The third kappa shape index (κ3) is 4.88. The van der Waals surface area contributed by atoms with Gasteiger partial charge in [0, 0.05) is 0 Å². The molecule has 3 nitrogen and oxygen atoms in total. The van der Waals surface area contributed by atoms with Crippen LogP contribution in [0.5, 0.6) is 5.75 Å². The molecule has 0 aliphatic heterocycles. The largest absolute Gasteiger partial charge is 0.497 e. The van der Waals surface area contributed by atoms with Gasteiger partial charge in [-0.3, -0.25) is 4.79 Å². The minimum absolute atomic E-state index is 0.122. The first-order valence-corrected chi connectivity index (χ1v) is 9.37. The third-order valence-electron chi connectivity index (χ3n) is 4.67. The van der Waals surface area contributed by atoms with E-state index in [0.29, 0.717) is 12.8 Å². The molecule has 0 saturated heterocycles. The Morgan fingerprint density at radius 1 is 0.889 bits per heavy atom. The summed E-state index contributed by atoms with van der Waals surface area (Å²) >= 11 is 0. The Morgan fingerprint density at radius 2 is 1.59 bits per heavy atom. The van der Waals surface area contributed by atoms with Crippen LogP contribution in [0.25, 0.3) is 10.8 Å². The van der Waals surface area contributed by atoms with Crippen LogP contribution in [0.3, 0.4) is 0 Å². The van der Waals surface area contributed by atoms with Crippen molar-refractivity contribution in [3.63, 3.8) is 0 Å². The maximum absolute atomic E-state index is 12.8. The third-order valence-corrected chi connectivity index (χ3v) is 4.67. The summed E-state index contributed by atoms with van der Waals surface area (Å²) in [6.07, 6.45) is 1.17. The number of methoxy groups -OCH3 is 1. The number of hydrogen-bond acceptors (Lipinski definition) is 3. The van der Waals surface area contributed by atoms with Crippen molar-refractivity contribution >= 4 is 16.7 Å². The van der Waals surface area contributed by atoms with Gasteiger partial charge in [-0.15, -0.1) is 0 Å². The fourth-order valence-corrected chi connectivity index (χ4v) is 3.35. The summed E-state index contributed by atoms with van der Waals surface area (Å²) in [5.41, 5.74) is 2.27. The fourth-order valence-electron chi connectivity index (χ4n) is 3.35. The lowest BCUT2D eigenvalue weighted by molar-refractivity contribution is -0.152. The molecule has 1 atom stereocenters. The number of fused-ring (bicyclic) bond motifs is 1. The second kappa shape index (κ2) is 8.72. The Hall–Kier alpha value is -2.81.